The Hall–Kier alpha value is -5.85. The van der Waals surface area contributed by atoms with Crippen LogP contribution in [0.3, 0.4) is 0 Å². The third-order valence-electron chi connectivity index (χ3n) is 13.3. The number of ether oxygens (including phenoxy) is 4. The van der Waals surface area contributed by atoms with Gasteiger partial charge in [0.25, 0.3) is 0 Å². The summed E-state index contributed by atoms with van der Waals surface area (Å²) in [6, 6.07) is 16.8. The second-order valence-electron chi connectivity index (χ2n) is 19.1. The van der Waals surface area contributed by atoms with Crippen LogP contribution >= 0.6 is 0 Å². The number of esters is 2. The number of likely N-dealkylation sites (tertiary alicyclic amines) is 1. The summed E-state index contributed by atoms with van der Waals surface area (Å²) in [4.78, 5) is 46.8. The number of nitrogens with one attached hydrogen (secondary N) is 1. The quantitative estimate of drug-likeness (QED) is 0.0954. The highest BCUT2D eigenvalue weighted by atomic mass is 16.6. The molecule has 13 nitrogen and oxygen atoms in total. The largest absolute Gasteiger partial charge is 0.490 e. The van der Waals surface area contributed by atoms with E-state index < -0.39 is 17.5 Å². The second-order valence-corrected chi connectivity index (χ2v) is 19.1. The van der Waals surface area contributed by atoms with Crippen molar-refractivity contribution in [1.29, 1.82) is 0 Å². The van der Waals surface area contributed by atoms with Gasteiger partial charge in [-0.15, -0.1) is 0 Å². The van der Waals surface area contributed by atoms with Gasteiger partial charge >= 0.3 is 18.0 Å². The maximum absolute atomic E-state index is 13.9. The Morgan fingerprint density at radius 1 is 0.871 bits per heavy atom. The highest BCUT2D eigenvalue weighted by molar-refractivity contribution is 6.04. The summed E-state index contributed by atoms with van der Waals surface area (Å²) in [5.41, 5.74) is 4.64. The summed E-state index contributed by atoms with van der Waals surface area (Å²) in [5.74, 6) is 2.64. The predicted octanol–water partition coefficient (Wildman–Crippen LogP) is 9.78. The highest BCUT2D eigenvalue weighted by Crippen LogP contribution is 2.60. The van der Waals surface area contributed by atoms with Gasteiger partial charge in [0.2, 0.25) is 0 Å². The first-order valence-corrected chi connectivity index (χ1v) is 22.3. The van der Waals surface area contributed by atoms with Crippen molar-refractivity contribution in [2.75, 3.05) is 25.0 Å². The standard InChI is InChI=1S/C49H58N6O7/c1-6-59-46(57)43-38(40-27-51-55(31(40)2)30-49-24-33-20-34(25-49)22-35(21-33)26-49)16-19-54-42(28-50-44(43)54)52-41-23-37(12-13-39(41)45(56)62-48(3,4)5)61-36-14-17-53(18-15-36)47(58)60-29-32-10-8-7-9-11-32/h7-13,16,19,23,27-28,33-36,52H,6,14-15,17-18,20-22,24-26,29-30H2,1-5H3. The van der Waals surface area contributed by atoms with Crippen LogP contribution in [0.1, 0.15) is 111 Å². The zero-order valence-electron chi connectivity index (χ0n) is 36.5. The molecule has 5 fully saturated rings. The average Bonchev–Trinajstić information content (AvgIpc) is 3.80. The number of aromatic nitrogens is 4. The van der Waals surface area contributed by atoms with Gasteiger partial charge < -0.3 is 29.2 Å². The number of carbonyl (C=O) groups is 3. The van der Waals surface area contributed by atoms with Crippen molar-refractivity contribution >= 4 is 35.2 Å². The van der Waals surface area contributed by atoms with E-state index in [0.29, 0.717) is 70.9 Å². The number of anilines is 2. The topological polar surface area (TPSA) is 139 Å². The molecule has 62 heavy (non-hydrogen) atoms. The van der Waals surface area contributed by atoms with E-state index >= 15 is 0 Å². The third-order valence-corrected chi connectivity index (χ3v) is 13.3. The van der Waals surface area contributed by atoms with E-state index in [4.69, 9.17) is 29.0 Å². The number of carbonyl (C=O) groups excluding carboxylic acids is 3. The smallest absolute Gasteiger partial charge is 0.410 e. The number of amides is 1. The van der Waals surface area contributed by atoms with Gasteiger partial charge in [-0.05, 0) is 120 Å². The number of hydrogen-bond donors (Lipinski definition) is 1. The molecule has 3 aromatic heterocycles. The predicted molar refractivity (Wildman–Crippen MR) is 234 cm³/mol. The van der Waals surface area contributed by atoms with Crippen LogP contribution in [0.25, 0.3) is 16.8 Å². The summed E-state index contributed by atoms with van der Waals surface area (Å²) in [6.07, 6.45) is 14.2. The molecule has 1 saturated heterocycles. The summed E-state index contributed by atoms with van der Waals surface area (Å²) in [6.45, 7) is 11.7. The lowest BCUT2D eigenvalue weighted by atomic mass is 9.49. The van der Waals surface area contributed by atoms with Gasteiger partial charge in [0, 0.05) is 61.6 Å². The monoisotopic (exact) mass is 842 g/mol. The fourth-order valence-corrected chi connectivity index (χ4v) is 11.0. The Balaban J connectivity index is 0.961. The van der Waals surface area contributed by atoms with Crippen LogP contribution in [0.4, 0.5) is 16.3 Å². The number of nitrogens with zero attached hydrogens (tertiary/aromatic N) is 5. The Bertz CT molecular complexity index is 2420. The third kappa shape index (κ3) is 8.63. The van der Waals surface area contributed by atoms with E-state index in [2.05, 4.69) is 16.9 Å². The minimum atomic E-state index is -0.727. The molecule has 10 rings (SSSR count). The van der Waals surface area contributed by atoms with Gasteiger partial charge in [0.05, 0.1) is 30.3 Å². The van der Waals surface area contributed by atoms with Crippen molar-refractivity contribution in [3.8, 4) is 16.9 Å². The molecular weight excluding hydrogens is 785 g/mol. The molecule has 326 valence electrons. The van der Waals surface area contributed by atoms with Gasteiger partial charge in [-0.2, -0.15) is 5.10 Å². The number of pyridine rings is 1. The van der Waals surface area contributed by atoms with Gasteiger partial charge in [0.15, 0.2) is 5.65 Å². The minimum absolute atomic E-state index is 0.157. The number of hydrogen-bond acceptors (Lipinski definition) is 10. The number of benzene rings is 2. The number of fused-ring (bicyclic) bond motifs is 1. The van der Waals surface area contributed by atoms with Crippen molar-refractivity contribution in [3.63, 3.8) is 0 Å². The van der Waals surface area contributed by atoms with Crippen LogP contribution in [-0.4, -0.2) is 73.5 Å². The van der Waals surface area contributed by atoms with Crippen LogP contribution < -0.4 is 10.1 Å². The first-order chi connectivity index (χ1) is 29.8. The molecule has 0 spiro atoms. The van der Waals surface area contributed by atoms with Crippen LogP contribution in [0.2, 0.25) is 0 Å². The Morgan fingerprint density at radius 2 is 1.58 bits per heavy atom. The molecule has 4 saturated carbocycles. The Labute approximate surface area is 363 Å². The first-order valence-electron chi connectivity index (χ1n) is 22.3. The molecule has 5 aromatic rings. The molecule has 2 aromatic carbocycles. The number of imidazole rings is 1. The molecule has 0 unspecified atom stereocenters. The molecule has 1 aliphatic heterocycles. The molecule has 0 atom stereocenters. The maximum Gasteiger partial charge on any atom is 0.410 e. The van der Waals surface area contributed by atoms with Gasteiger partial charge in [0.1, 0.15) is 35.4 Å². The Kier molecular flexibility index (Phi) is 11.2. The zero-order valence-corrected chi connectivity index (χ0v) is 36.5. The van der Waals surface area contributed by atoms with E-state index in [1.54, 1.807) is 40.6 Å². The molecule has 13 heteroatoms. The summed E-state index contributed by atoms with van der Waals surface area (Å²) in [5, 5.41) is 8.35. The zero-order chi connectivity index (χ0) is 43.2. The minimum Gasteiger partial charge on any atom is -0.490 e. The first kappa shape index (κ1) is 41.5. The summed E-state index contributed by atoms with van der Waals surface area (Å²) in [7, 11) is 0. The van der Waals surface area contributed by atoms with Crippen molar-refractivity contribution < 1.29 is 33.3 Å². The summed E-state index contributed by atoms with van der Waals surface area (Å²) >= 11 is 0. The van der Waals surface area contributed by atoms with Crippen molar-refractivity contribution in [3.05, 3.63) is 95.6 Å². The van der Waals surface area contributed by atoms with Crippen molar-refractivity contribution in [2.45, 2.75) is 111 Å². The SMILES string of the molecule is CCOC(=O)c1c(-c2cnn(CC34CC5CC(CC(C5)C3)C4)c2C)ccn2c(Nc3cc(OC4CCN(C(=O)OCc5ccccc5)CC4)ccc3C(=O)OC(C)(C)C)cnc12. The normalized spacial score (nSPS) is 22.1. The molecule has 4 heterocycles. The molecular formula is C49H58N6O7. The summed E-state index contributed by atoms with van der Waals surface area (Å²) < 4.78 is 27.4. The lowest BCUT2D eigenvalue weighted by Gasteiger charge is -2.56. The van der Waals surface area contributed by atoms with E-state index in [9.17, 15) is 14.4 Å². The van der Waals surface area contributed by atoms with Crippen LogP contribution in [0.5, 0.6) is 5.75 Å². The van der Waals surface area contributed by atoms with E-state index in [1.807, 2.05) is 69.6 Å². The number of rotatable bonds is 12. The van der Waals surface area contributed by atoms with E-state index in [0.717, 1.165) is 41.1 Å². The molecule has 4 bridgehead atoms. The van der Waals surface area contributed by atoms with Gasteiger partial charge in [-0.25, -0.2) is 19.4 Å². The van der Waals surface area contributed by atoms with Crippen molar-refractivity contribution in [2.24, 2.45) is 23.2 Å². The fraction of sp³-hybridized carbons (Fsp3) is 0.490. The van der Waals surface area contributed by atoms with Gasteiger partial charge in [-0.3, -0.25) is 9.08 Å². The van der Waals surface area contributed by atoms with E-state index in [1.165, 1.54) is 38.5 Å². The highest BCUT2D eigenvalue weighted by Gasteiger charge is 2.51. The Morgan fingerprint density at radius 3 is 2.26 bits per heavy atom. The molecule has 1 N–H and O–H groups in total. The molecule has 4 aliphatic carbocycles. The lowest BCUT2D eigenvalue weighted by molar-refractivity contribution is -0.0638. The molecule has 1 amide bonds. The van der Waals surface area contributed by atoms with Crippen molar-refractivity contribution in [1.82, 2.24) is 24.1 Å². The molecule has 5 aliphatic rings. The second kappa shape index (κ2) is 16.8. The van der Waals surface area contributed by atoms with E-state index in [-0.39, 0.29) is 25.4 Å². The van der Waals surface area contributed by atoms with Crippen LogP contribution in [0, 0.1) is 30.1 Å². The average molecular weight is 843 g/mol. The molecule has 0 radical (unpaired) electrons. The van der Waals surface area contributed by atoms with Crippen LogP contribution in [-0.2, 0) is 27.4 Å². The van der Waals surface area contributed by atoms with Crippen LogP contribution in [0.15, 0.2) is 73.2 Å². The van der Waals surface area contributed by atoms with Gasteiger partial charge in [-0.1, -0.05) is 30.3 Å². The maximum atomic E-state index is 13.9. The lowest BCUT2D eigenvalue weighted by Crippen LogP contribution is -2.48. The number of piperidine rings is 1. The fourth-order valence-electron chi connectivity index (χ4n) is 11.0.